The average Bonchev–Trinajstić information content (AvgIpc) is 2.69. The van der Waals surface area contributed by atoms with Crippen molar-refractivity contribution >= 4 is 11.9 Å². The summed E-state index contributed by atoms with van der Waals surface area (Å²) in [7, 11) is 0. The van der Waals surface area contributed by atoms with Crippen LogP contribution in [0.25, 0.3) is 0 Å². The number of esters is 2. The summed E-state index contributed by atoms with van der Waals surface area (Å²) >= 11 is 0. The third kappa shape index (κ3) is 4.55. The minimum atomic E-state index is -1.65. The van der Waals surface area contributed by atoms with Gasteiger partial charge < -0.3 is 14.2 Å². The van der Waals surface area contributed by atoms with Crippen LogP contribution in [0.2, 0.25) is 0 Å². The molecule has 0 fully saturated rings. The maximum atomic E-state index is 13.5. The molecule has 0 spiro atoms. The van der Waals surface area contributed by atoms with Crippen LogP contribution in [-0.2, 0) is 14.2 Å². The first-order valence-electron chi connectivity index (χ1n) is 8.09. The Morgan fingerprint density at radius 2 is 1.46 bits per heavy atom. The van der Waals surface area contributed by atoms with Crippen molar-refractivity contribution in [2.24, 2.45) is 0 Å². The van der Waals surface area contributed by atoms with E-state index in [2.05, 4.69) is 0 Å². The molecule has 3 rings (SSSR count). The molecule has 0 saturated heterocycles. The van der Waals surface area contributed by atoms with Gasteiger partial charge in [-0.1, -0.05) is 36.4 Å². The molecule has 0 aromatic heterocycles. The molecule has 0 amide bonds. The number of benzene rings is 2. The number of ether oxygens (including phenoxy) is 3. The van der Waals surface area contributed by atoms with Gasteiger partial charge in [-0.15, -0.1) is 0 Å². The number of halogens is 1. The van der Waals surface area contributed by atoms with Crippen LogP contribution >= 0.6 is 0 Å². The standard InChI is InChI=1S/C20H17FO5/c21-18-12-11-16(26-20(23)15-9-5-2-6-10-15)17(25-18)13-24-19(22)14-7-3-1-4-8-14/h1-12,16-18H,13H2/t16-,17+,18+/m0/s1. The van der Waals surface area contributed by atoms with Crippen molar-refractivity contribution in [3.63, 3.8) is 0 Å². The first-order chi connectivity index (χ1) is 12.6. The van der Waals surface area contributed by atoms with Crippen molar-refractivity contribution in [2.45, 2.75) is 18.6 Å². The first kappa shape index (κ1) is 17.8. The molecule has 6 heteroatoms. The van der Waals surface area contributed by atoms with E-state index in [1.165, 1.54) is 6.08 Å². The molecule has 1 aliphatic rings. The van der Waals surface area contributed by atoms with Gasteiger partial charge in [0.1, 0.15) is 12.7 Å². The quantitative estimate of drug-likeness (QED) is 0.607. The van der Waals surface area contributed by atoms with Crippen molar-refractivity contribution in [2.75, 3.05) is 6.61 Å². The number of carbonyl (C=O) groups excluding carboxylic acids is 2. The van der Waals surface area contributed by atoms with Crippen LogP contribution in [0.15, 0.2) is 72.8 Å². The fraction of sp³-hybridized carbons (Fsp3) is 0.200. The number of hydrogen-bond donors (Lipinski definition) is 0. The molecular formula is C20H17FO5. The molecule has 0 bridgehead atoms. The molecule has 134 valence electrons. The summed E-state index contributed by atoms with van der Waals surface area (Å²) in [6.45, 7) is -0.245. The topological polar surface area (TPSA) is 61.8 Å². The highest BCUT2D eigenvalue weighted by Crippen LogP contribution is 2.19. The fourth-order valence-electron chi connectivity index (χ4n) is 2.44. The van der Waals surface area contributed by atoms with Crippen molar-refractivity contribution in [3.05, 3.63) is 83.9 Å². The Morgan fingerprint density at radius 3 is 2.08 bits per heavy atom. The Hall–Kier alpha value is -2.99. The highest BCUT2D eigenvalue weighted by atomic mass is 19.1. The summed E-state index contributed by atoms with van der Waals surface area (Å²) in [5.74, 6) is -1.13. The SMILES string of the molecule is O=C(OC[C@H]1O[C@@H](F)C=C[C@@H]1OC(=O)c1ccccc1)c1ccccc1. The van der Waals surface area contributed by atoms with Crippen LogP contribution in [0, 0.1) is 0 Å². The van der Waals surface area contributed by atoms with Gasteiger partial charge in [-0.05, 0) is 36.4 Å². The van der Waals surface area contributed by atoms with E-state index in [1.54, 1.807) is 60.7 Å². The second-order valence-electron chi connectivity index (χ2n) is 5.61. The summed E-state index contributed by atoms with van der Waals surface area (Å²) in [5.41, 5.74) is 0.733. The van der Waals surface area contributed by atoms with E-state index in [0.717, 1.165) is 6.08 Å². The van der Waals surface area contributed by atoms with Crippen molar-refractivity contribution in [1.29, 1.82) is 0 Å². The molecule has 2 aromatic rings. The Bertz CT molecular complexity index is 775. The van der Waals surface area contributed by atoms with Gasteiger partial charge in [0.25, 0.3) is 0 Å². The summed E-state index contributed by atoms with van der Waals surface area (Å²) in [6, 6.07) is 16.8. The molecule has 5 nitrogen and oxygen atoms in total. The van der Waals surface area contributed by atoms with Crippen molar-refractivity contribution < 1.29 is 28.2 Å². The monoisotopic (exact) mass is 356 g/mol. The summed E-state index contributed by atoms with van der Waals surface area (Å²) in [6.07, 6.45) is -0.898. The molecule has 0 unspecified atom stereocenters. The zero-order valence-electron chi connectivity index (χ0n) is 13.8. The predicted octanol–water partition coefficient (Wildman–Crippen LogP) is 3.32. The Kier molecular flexibility index (Phi) is 5.76. The van der Waals surface area contributed by atoms with Gasteiger partial charge in [-0.25, -0.2) is 14.0 Å². The summed E-state index contributed by atoms with van der Waals surface area (Å²) < 4.78 is 29.2. The smallest absolute Gasteiger partial charge is 0.338 e. The zero-order valence-corrected chi connectivity index (χ0v) is 13.8. The normalized spacial score (nSPS) is 21.8. The van der Waals surface area contributed by atoms with Gasteiger partial charge in [-0.3, -0.25) is 0 Å². The minimum absolute atomic E-state index is 0.245. The molecule has 0 saturated carbocycles. The second-order valence-corrected chi connectivity index (χ2v) is 5.61. The van der Waals surface area contributed by atoms with Crippen LogP contribution in [-0.4, -0.2) is 37.1 Å². The number of hydrogen-bond acceptors (Lipinski definition) is 5. The average molecular weight is 356 g/mol. The van der Waals surface area contributed by atoms with Crippen LogP contribution in [0.5, 0.6) is 0 Å². The number of rotatable bonds is 5. The maximum absolute atomic E-state index is 13.5. The molecule has 0 radical (unpaired) electrons. The van der Waals surface area contributed by atoms with Gasteiger partial charge in [0.2, 0.25) is 6.36 Å². The van der Waals surface area contributed by atoms with Crippen molar-refractivity contribution in [1.82, 2.24) is 0 Å². The molecule has 0 aliphatic carbocycles. The molecular weight excluding hydrogens is 339 g/mol. The largest absolute Gasteiger partial charge is 0.459 e. The highest BCUT2D eigenvalue weighted by molar-refractivity contribution is 5.90. The van der Waals surface area contributed by atoms with E-state index >= 15 is 0 Å². The van der Waals surface area contributed by atoms with Crippen LogP contribution < -0.4 is 0 Å². The maximum Gasteiger partial charge on any atom is 0.338 e. The molecule has 3 atom stereocenters. The van der Waals surface area contributed by atoms with Gasteiger partial charge >= 0.3 is 11.9 Å². The lowest BCUT2D eigenvalue weighted by atomic mass is 10.1. The predicted molar refractivity (Wildman–Crippen MR) is 91.3 cm³/mol. The lowest BCUT2D eigenvalue weighted by Gasteiger charge is -2.28. The fourth-order valence-corrected chi connectivity index (χ4v) is 2.44. The molecule has 1 heterocycles. The molecule has 1 aliphatic heterocycles. The van der Waals surface area contributed by atoms with Gasteiger partial charge in [0.15, 0.2) is 6.10 Å². The van der Waals surface area contributed by atoms with Crippen LogP contribution in [0.3, 0.4) is 0 Å². The first-order valence-corrected chi connectivity index (χ1v) is 8.09. The Morgan fingerprint density at radius 1 is 0.885 bits per heavy atom. The van der Waals surface area contributed by atoms with E-state index in [1.807, 2.05) is 0 Å². The van der Waals surface area contributed by atoms with E-state index < -0.39 is 30.5 Å². The third-order valence-electron chi connectivity index (χ3n) is 3.76. The molecule has 2 aromatic carbocycles. The summed E-state index contributed by atoms with van der Waals surface area (Å²) in [4.78, 5) is 24.2. The van der Waals surface area contributed by atoms with Gasteiger partial charge in [0, 0.05) is 0 Å². The Balaban J connectivity index is 1.63. The molecule has 0 N–H and O–H groups in total. The summed E-state index contributed by atoms with van der Waals surface area (Å²) in [5, 5.41) is 0. The van der Waals surface area contributed by atoms with Gasteiger partial charge in [0.05, 0.1) is 11.1 Å². The van der Waals surface area contributed by atoms with E-state index in [9.17, 15) is 14.0 Å². The van der Waals surface area contributed by atoms with Crippen LogP contribution in [0.4, 0.5) is 4.39 Å². The van der Waals surface area contributed by atoms with Crippen LogP contribution in [0.1, 0.15) is 20.7 Å². The van der Waals surface area contributed by atoms with E-state index in [-0.39, 0.29) is 6.61 Å². The minimum Gasteiger partial charge on any atom is -0.459 e. The van der Waals surface area contributed by atoms with E-state index in [0.29, 0.717) is 11.1 Å². The van der Waals surface area contributed by atoms with Gasteiger partial charge in [-0.2, -0.15) is 0 Å². The number of carbonyl (C=O) groups is 2. The lowest BCUT2D eigenvalue weighted by molar-refractivity contribution is -0.126. The van der Waals surface area contributed by atoms with E-state index in [4.69, 9.17) is 14.2 Å². The second kappa shape index (κ2) is 8.40. The third-order valence-corrected chi connectivity index (χ3v) is 3.76. The molecule has 26 heavy (non-hydrogen) atoms. The lowest BCUT2D eigenvalue weighted by Crippen LogP contribution is -2.40. The van der Waals surface area contributed by atoms with Crippen molar-refractivity contribution in [3.8, 4) is 0 Å². The number of alkyl halides is 1. The Labute approximate surface area is 150 Å². The highest BCUT2D eigenvalue weighted by Gasteiger charge is 2.31. The zero-order chi connectivity index (χ0) is 18.4.